The molecule has 0 heterocycles. The van der Waals surface area contributed by atoms with Gasteiger partial charge in [-0.15, -0.1) is 0 Å². The third-order valence-electron chi connectivity index (χ3n) is 2.94. The van der Waals surface area contributed by atoms with Crippen LogP contribution in [0.3, 0.4) is 0 Å². The molecule has 1 rings (SSSR count). The molecule has 0 aromatic heterocycles. The molecule has 0 saturated heterocycles. The summed E-state index contributed by atoms with van der Waals surface area (Å²) in [5, 5.41) is 0. The summed E-state index contributed by atoms with van der Waals surface area (Å²) in [6.45, 7) is 5.64. The highest BCUT2D eigenvalue weighted by Gasteiger charge is 2.24. The lowest BCUT2D eigenvalue weighted by atomic mass is 10.0. The maximum atomic E-state index is 12.2. The van der Waals surface area contributed by atoms with Crippen molar-refractivity contribution in [2.24, 2.45) is 5.73 Å². The molecule has 0 aliphatic carbocycles. The van der Waals surface area contributed by atoms with E-state index >= 15 is 0 Å². The molecule has 0 aliphatic rings. The predicted molar refractivity (Wildman–Crippen MR) is 82.5 cm³/mol. The second-order valence-corrected chi connectivity index (χ2v) is 7.28. The first-order valence-electron chi connectivity index (χ1n) is 6.06. The molecule has 4 nitrogen and oxygen atoms in total. The van der Waals surface area contributed by atoms with Gasteiger partial charge in [0.1, 0.15) is 4.99 Å². The number of thiocarbonyl (C=S) groups is 1. The van der Waals surface area contributed by atoms with Crippen molar-refractivity contribution in [2.45, 2.75) is 38.5 Å². The van der Waals surface area contributed by atoms with E-state index in [1.54, 1.807) is 24.3 Å². The molecule has 1 aromatic rings. The third-order valence-corrected chi connectivity index (χ3v) is 4.72. The summed E-state index contributed by atoms with van der Waals surface area (Å²) < 4.78 is 27.0. The quantitative estimate of drug-likeness (QED) is 0.787. The van der Waals surface area contributed by atoms with Crippen LogP contribution in [0.1, 0.15) is 38.3 Å². The second kappa shape index (κ2) is 5.98. The standard InChI is InChI=1S/C13H20N2O2S2/c1-4-13(2,3)15-19(16,17)9-10-7-5-6-8-11(10)12(14)18/h5-8,15H,4,9H2,1-3H3,(H2,14,18). The van der Waals surface area contributed by atoms with Crippen molar-refractivity contribution in [2.75, 3.05) is 0 Å². The molecule has 6 heteroatoms. The van der Waals surface area contributed by atoms with E-state index < -0.39 is 15.6 Å². The van der Waals surface area contributed by atoms with Crippen molar-refractivity contribution in [1.29, 1.82) is 0 Å². The van der Waals surface area contributed by atoms with E-state index in [2.05, 4.69) is 4.72 Å². The minimum atomic E-state index is -3.43. The minimum Gasteiger partial charge on any atom is -0.389 e. The number of hydrogen-bond acceptors (Lipinski definition) is 3. The van der Waals surface area contributed by atoms with Gasteiger partial charge < -0.3 is 5.73 Å². The van der Waals surface area contributed by atoms with Crippen LogP contribution in [0.5, 0.6) is 0 Å². The molecular formula is C13H20N2O2S2. The average Bonchev–Trinajstić information content (AvgIpc) is 2.27. The summed E-state index contributed by atoms with van der Waals surface area (Å²) in [5.74, 6) is -0.121. The summed E-state index contributed by atoms with van der Waals surface area (Å²) in [6, 6.07) is 7.02. The van der Waals surface area contributed by atoms with Gasteiger partial charge in [0.05, 0.1) is 5.75 Å². The summed E-state index contributed by atoms with van der Waals surface area (Å²) in [4.78, 5) is 0.209. The molecule has 0 saturated carbocycles. The molecule has 106 valence electrons. The average molecular weight is 300 g/mol. The van der Waals surface area contributed by atoms with E-state index in [0.29, 0.717) is 17.5 Å². The number of rotatable bonds is 6. The Hall–Kier alpha value is -0.980. The van der Waals surface area contributed by atoms with Crippen LogP contribution in [-0.2, 0) is 15.8 Å². The second-order valence-electron chi connectivity index (χ2n) is 5.12. The smallest absolute Gasteiger partial charge is 0.216 e. The van der Waals surface area contributed by atoms with Crippen LogP contribution in [0.15, 0.2) is 24.3 Å². The van der Waals surface area contributed by atoms with E-state index in [4.69, 9.17) is 18.0 Å². The molecule has 0 atom stereocenters. The predicted octanol–water partition coefficient (Wildman–Crippen LogP) is 1.93. The molecule has 0 unspecified atom stereocenters. The van der Waals surface area contributed by atoms with Crippen LogP contribution < -0.4 is 10.5 Å². The highest BCUT2D eigenvalue weighted by molar-refractivity contribution is 7.88. The van der Waals surface area contributed by atoms with Gasteiger partial charge in [0.25, 0.3) is 0 Å². The van der Waals surface area contributed by atoms with Crippen molar-refractivity contribution in [3.05, 3.63) is 35.4 Å². The van der Waals surface area contributed by atoms with Gasteiger partial charge in [0, 0.05) is 11.1 Å². The van der Waals surface area contributed by atoms with Crippen molar-refractivity contribution in [3.8, 4) is 0 Å². The molecule has 0 amide bonds. The van der Waals surface area contributed by atoms with Crippen molar-refractivity contribution >= 4 is 27.2 Å². The van der Waals surface area contributed by atoms with Crippen LogP contribution in [0.2, 0.25) is 0 Å². The zero-order valence-electron chi connectivity index (χ0n) is 11.4. The summed E-state index contributed by atoms with van der Waals surface area (Å²) in [5.41, 5.74) is 6.37. The molecule has 1 aromatic carbocycles. The lowest BCUT2D eigenvalue weighted by Crippen LogP contribution is -2.43. The molecule has 0 fully saturated rings. The Kier molecular flexibility index (Phi) is 5.06. The molecular weight excluding hydrogens is 280 g/mol. The van der Waals surface area contributed by atoms with E-state index in [0.717, 1.165) is 0 Å². The highest BCUT2D eigenvalue weighted by Crippen LogP contribution is 2.15. The number of nitrogens with two attached hydrogens (primary N) is 1. The van der Waals surface area contributed by atoms with Crippen LogP contribution in [0.25, 0.3) is 0 Å². The third kappa shape index (κ3) is 4.89. The van der Waals surface area contributed by atoms with Crippen LogP contribution >= 0.6 is 12.2 Å². The lowest BCUT2D eigenvalue weighted by Gasteiger charge is -2.24. The Morgan fingerprint density at radius 3 is 2.47 bits per heavy atom. The van der Waals surface area contributed by atoms with Gasteiger partial charge in [-0.1, -0.05) is 43.4 Å². The van der Waals surface area contributed by atoms with Gasteiger partial charge >= 0.3 is 0 Å². The van der Waals surface area contributed by atoms with Gasteiger partial charge in [-0.05, 0) is 25.8 Å². The first kappa shape index (κ1) is 16.1. The molecule has 0 bridgehead atoms. The Balaban J connectivity index is 3.00. The van der Waals surface area contributed by atoms with Gasteiger partial charge in [-0.25, -0.2) is 13.1 Å². The number of nitrogens with one attached hydrogen (secondary N) is 1. The SMILES string of the molecule is CCC(C)(C)NS(=O)(=O)Cc1ccccc1C(N)=S. The zero-order valence-corrected chi connectivity index (χ0v) is 13.1. The topological polar surface area (TPSA) is 72.2 Å². The van der Waals surface area contributed by atoms with Crippen LogP contribution in [-0.4, -0.2) is 18.9 Å². The fraction of sp³-hybridized carbons (Fsp3) is 0.462. The molecule has 0 aliphatic heterocycles. The lowest BCUT2D eigenvalue weighted by molar-refractivity contribution is 0.439. The molecule has 3 N–H and O–H groups in total. The monoisotopic (exact) mass is 300 g/mol. The molecule has 19 heavy (non-hydrogen) atoms. The summed E-state index contributed by atoms with van der Waals surface area (Å²) in [7, 11) is -3.43. The van der Waals surface area contributed by atoms with Crippen LogP contribution in [0, 0.1) is 0 Å². The Labute approximate surface area is 120 Å². The summed E-state index contributed by atoms with van der Waals surface area (Å²) in [6.07, 6.45) is 0.711. The first-order chi connectivity index (χ1) is 8.67. The van der Waals surface area contributed by atoms with Gasteiger partial charge in [0.2, 0.25) is 10.0 Å². The van der Waals surface area contributed by atoms with Crippen molar-refractivity contribution < 1.29 is 8.42 Å². The van der Waals surface area contributed by atoms with Crippen molar-refractivity contribution in [1.82, 2.24) is 4.72 Å². The van der Waals surface area contributed by atoms with Gasteiger partial charge in [-0.2, -0.15) is 0 Å². The Bertz CT molecular complexity index is 566. The number of hydrogen-bond donors (Lipinski definition) is 2. The maximum Gasteiger partial charge on any atom is 0.216 e. The van der Waals surface area contributed by atoms with Crippen molar-refractivity contribution in [3.63, 3.8) is 0 Å². The van der Waals surface area contributed by atoms with E-state index in [1.165, 1.54) is 0 Å². The maximum absolute atomic E-state index is 12.2. The summed E-state index contributed by atoms with van der Waals surface area (Å²) >= 11 is 4.93. The fourth-order valence-electron chi connectivity index (χ4n) is 1.62. The van der Waals surface area contributed by atoms with Gasteiger partial charge in [-0.3, -0.25) is 0 Å². The molecule has 0 radical (unpaired) electrons. The van der Waals surface area contributed by atoms with E-state index in [-0.39, 0.29) is 10.7 Å². The van der Waals surface area contributed by atoms with Gasteiger partial charge in [0.15, 0.2) is 0 Å². The largest absolute Gasteiger partial charge is 0.389 e. The Morgan fingerprint density at radius 2 is 1.95 bits per heavy atom. The normalized spacial score (nSPS) is 12.4. The number of benzene rings is 1. The molecule has 0 spiro atoms. The fourth-order valence-corrected chi connectivity index (χ4v) is 3.54. The van der Waals surface area contributed by atoms with Crippen LogP contribution in [0.4, 0.5) is 0 Å². The highest BCUT2D eigenvalue weighted by atomic mass is 32.2. The first-order valence-corrected chi connectivity index (χ1v) is 8.12. The minimum absolute atomic E-state index is 0.121. The zero-order chi connectivity index (χ0) is 14.7. The van der Waals surface area contributed by atoms with E-state index in [9.17, 15) is 8.42 Å². The Morgan fingerprint density at radius 1 is 1.37 bits per heavy atom. The van der Waals surface area contributed by atoms with E-state index in [1.807, 2.05) is 20.8 Å². The number of sulfonamides is 1.